The highest BCUT2D eigenvalue weighted by Gasteiger charge is 2.06. The van der Waals surface area contributed by atoms with Gasteiger partial charge in [-0.3, -0.25) is 0 Å². The Morgan fingerprint density at radius 1 is 0.857 bits per heavy atom. The van der Waals surface area contributed by atoms with Gasteiger partial charge in [-0.25, -0.2) is 0 Å². The fraction of sp³-hybridized carbons (Fsp3) is 0. The van der Waals surface area contributed by atoms with Crippen molar-refractivity contribution in [1.82, 2.24) is 0 Å². The number of rotatable bonds is 3. The van der Waals surface area contributed by atoms with Crippen molar-refractivity contribution in [3.8, 4) is 0 Å². The molecule has 0 aliphatic heterocycles. The van der Waals surface area contributed by atoms with Gasteiger partial charge in [0.15, 0.2) is 0 Å². The SMILES string of the molecule is C=C(C(=C)c1ccsc1)c1ccsc1. The number of hydrogen-bond acceptors (Lipinski definition) is 2. The predicted molar refractivity (Wildman–Crippen MR) is 66.7 cm³/mol. The van der Waals surface area contributed by atoms with Crippen LogP contribution in [0.15, 0.2) is 46.8 Å². The summed E-state index contributed by atoms with van der Waals surface area (Å²) in [5, 5.41) is 8.31. The quantitative estimate of drug-likeness (QED) is 0.664. The minimum absolute atomic E-state index is 1.02. The molecule has 2 aromatic rings. The van der Waals surface area contributed by atoms with E-state index < -0.39 is 0 Å². The Kier molecular flexibility index (Phi) is 2.66. The maximum absolute atomic E-state index is 4.06. The molecule has 0 atom stereocenters. The van der Waals surface area contributed by atoms with Gasteiger partial charge < -0.3 is 0 Å². The summed E-state index contributed by atoms with van der Waals surface area (Å²) in [4.78, 5) is 0. The summed E-state index contributed by atoms with van der Waals surface area (Å²) < 4.78 is 0. The molecule has 2 aromatic heterocycles. The first-order valence-electron chi connectivity index (χ1n) is 4.22. The molecule has 0 aliphatic rings. The zero-order chi connectivity index (χ0) is 9.97. The summed E-state index contributed by atoms with van der Waals surface area (Å²) >= 11 is 3.37. The van der Waals surface area contributed by atoms with E-state index in [1.165, 1.54) is 11.1 Å². The molecule has 2 heterocycles. The minimum atomic E-state index is 1.02. The number of hydrogen-bond donors (Lipinski definition) is 0. The molecule has 0 spiro atoms. The van der Waals surface area contributed by atoms with Crippen molar-refractivity contribution in [3.05, 3.63) is 57.9 Å². The summed E-state index contributed by atoms with van der Waals surface area (Å²) in [6, 6.07) is 4.15. The standard InChI is InChI=1S/C12H10S2/c1-9(11-3-5-13-7-11)10(2)12-4-6-14-8-12/h3-8H,1-2H2. The highest BCUT2D eigenvalue weighted by Crippen LogP contribution is 2.30. The molecular formula is C12H10S2. The lowest BCUT2D eigenvalue weighted by atomic mass is 9.99. The van der Waals surface area contributed by atoms with Crippen molar-refractivity contribution in [1.29, 1.82) is 0 Å². The van der Waals surface area contributed by atoms with Gasteiger partial charge in [0.25, 0.3) is 0 Å². The van der Waals surface area contributed by atoms with Gasteiger partial charge in [0.1, 0.15) is 0 Å². The summed E-state index contributed by atoms with van der Waals surface area (Å²) in [7, 11) is 0. The summed E-state index contributed by atoms with van der Waals surface area (Å²) in [6.45, 7) is 8.13. The molecule has 0 saturated carbocycles. The fourth-order valence-corrected chi connectivity index (χ4v) is 2.56. The molecule has 0 nitrogen and oxygen atoms in total. The predicted octanol–water partition coefficient (Wildman–Crippen LogP) is 4.54. The van der Waals surface area contributed by atoms with E-state index in [4.69, 9.17) is 0 Å². The monoisotopic (exact) mass is 218 g/mol. The molecule has 0 radical (unpaired) electrons. The lowest BCUT2D eigenvalue weighted by Gasteiger charge is -2.05. The van der Waals surface area contributed by atoms with Gasteiger partial charge in [-0.15, -0.1) is 0 Å². The fourth-order valence-electron chi connectivity index (χ4n) is 1.22. The molecule has 70 valence electrons. The van der Waals surface area contributed by atoms with Crippen LogP contribution in [-0.2, 0) is 0 Å². The third-order valence-electron chi connectivity index (χ3n) is 2.10. The van der Waals surface area contributed by atoms with Gasteiger partial charge in [-0.05, 0) is 55.9 Å². The molecule has 0 saturated heterocycles. The zero-order valence-corrected chi connectivity index (χ0v) is 9.33. The Hall–Kier alpha value is -1.12. The molecule has 0 unspecified atom stereocenters. The van der Waals surface area contributed by atoms with Gasteiger partial charge in [-0.2, -0.15) is 22.7 Å². The number of allylic oxidation sites excluding steroid dienone is 2. The van der Waals surface area contributed by atoms with E-state index in [-0.39, 0.29) is 0 Å². The second-order valence-corrected chi connectivity index (χ2v) is 4.54. The second-order valence-electron chi connectivity index (χ2n) is 2.98. The topological polar surface area (TPSA) is 0 Å². The normalized spacial score (nSPS) is 10.0. The molecule has 0 bridgehead atoms. The second kappa shape index (κ2) is 3.95. The van der Waals surface area contributed by atoms with Crippen LogP contribution >= 0.6 is 22.7 Å². The Labute approximate surface area is 91.8 Å². The minimum Gasteiger partial charge on any atom is -0.152 e. The molecule has 0 fully saturated rings. The van der Waals surface area contributed by atoms with Crippen LogP contribution in [0.2, 0.25) is 0 Å². The Morgan fingerprint density at radius 2 is 1.29 bits per heavy atom. The van der Waals surface area contributed by atoms with Gasteiger partial charge in [0.2, 0.25) is 0 Å². The molecule has 0 amide bonds. The van der Waals surface area contributed by atoms with Gasteiger partial charge in [-0.1, -0.05) is 13.2 Å². The third-order valence-corrected chi connectivity index (χ3v) is 3.47. The summed E-state index contributed by atoms with van der Waals surface area (Å²) in [5.74, 6) is 0. The Morgan fingerprint density at radius 3 is 1.57 bits per heavy atom. The molecule has 2 rings (SSSR count). The van der Waals surface area contributed by atoms with Crippen molar-refractivity contribution in [2.24, 2.45) is 0 Å². The Balaban J connectivity index is 2.26. The van der Waals surface area contributed by atoms with Crippen LogP contribution in [0.5, 0.6) is 0 Å². The van der Waals surface area contributed by atoms with Crippen LogP contribution in [0.25, 0.3) is 11.1 Å². The van der Waals surface area contributed by atoms with E-state index in [0.717, 1.165) is 11.1 Å². The van der Waals surface area contributed by atoms with Crippen LogP contribution in [0, 0.1) is 0 Å². The van der Waals surface area contributed by atoms with Crippen molar-refractivity contribution in [2.45, 2.75) is 0 Å². The lowest BCUT2D eigenvalue weighted by molar-refractivity contribution is 1.75. The van der Waals surface area contributed by atoms with Crippen molar-refractivity contribution >= 4 is 33.8 Å². The number of thiophene rings is 2. The van der Waals surface area contributed by atoms with E-state index in [1.807, 2.05) is 0 Å². The van der Waals surface area contributed by atoms with Crippen LogP contribution < -0.4 is 0 Å². The van der Waals surface area contributed by atoms with Gasteiger partial charge in [0, 0.05) is 0 Å². The molecule has 0 aromatic carbocycles. The molecule has 0 aliphatic carbocycles. The smallest absolute Gasteiger partial charge is 0.00147 e. The van der Waals surface area contributed by atoms with E-state index in [0.29, 0.717) is 0 Å². The molecule has 2 heteroatoms. The van der Waals surface area contributed by atoms with E-state index >= 15 is 0 Å². The van der Waals surface area contributed by atoms with E-state index in [2.05, 4.69) is 46.8 Å². The molecule has 0 N–H and O–H groups in total. The summed E-state index contributed by atoms with van der Waals surface area (Å²) in [6.07, 6.45) is 0. The highest BCUT2D eigenvalue weighted by atomic mass is 32.1. The van der Waals surface area contributed by atoms with Crippen LogP contribution in [0.4, 0.5) is 0 Å². The van der Waals surface area contributed by atoms with Gasteiger partial charge in [0.05, 0.1) is 0 Å². The van der Waals surface area contributed by atoms with Crippen molar-refractivity contribution in [3.63, 3.8) is 0 Å². The van der Waals surface area contributed by atoms with E-state index in [1.54, 1.807) is 22.7 Å². The van der Waals surface area contributed by atoms with Crippen molar-refractivity contribution in [2.75, 3.05) is 0 Å². The van der Waals surface area contributed by atoms with E-state index in [9.17, 15) is 0 Å². The largest absolute Gasteiger partial charge is 0.152 e. The molecule has 14 heavy (non-hydrogen) atoms. The van der Waals surface area contributed by atoms with Crippen LogP contribution in [0.3, 0.4) is 0 Å². The van der Waals surface area contributed by atoms with Crippen LogP contribution in [0.1, 0.15) is 11.1 Å². The average molecular weight is 218 g/mol. The lowest BCUT2D eigenvalue weighted by Crippen LogP contribution is -1.82. The van der Waals surface area contributed by atoms with Crippen LogP contribution in [-0.4, -0.2) is 0 Å². The first-order chi connectivity index (χ1) is 6.79. The third kappa shape index (κ3) is 1.72. The first kappa shape index (κ1) is 9.44. The van der Waals surface area contributed by atoms with Gasteiger partial charge >= 0.3 is 0 Å². The Bertz CT molecular complexity index is 388. The maximum Gasteiger partial charge on any atom is -0.00147 e. The average Bonchev–Trinajstić information content (AvgIpc) is 2.87. The first-order valence-corrected chi connectivity index (χ1v) is 6.11. The maximum atomic E-state index is 4.06. The highest BCUT2D eigenvalue weighted by molar-refractivity contribution is 7.08. The van der Waals surface area contributed by atoms with Crippen molar-refractivity contribution < 1.29 is 0 Å². The zero-order valence-electron chi connectivity index (χ0n) is 7.69. The summed E-state index contributed by atoms with van der Waals surface area (Å²) in [5.41, 5.74) is 4.38. The molecular weight excluding hydrogens is 208 g/mol.